The molecule has 0 aliphatic rings. The molecule has 0 fully saturated rings. The number of carbonyl (C=O) groups excluding carboxylic acids is 1. The smallest absolute Gasteiger partial charge is 0.234 e. The Morgan fingerprint density at radius 3 is 2.47 bits per heavy atom. The summed E-state index contributed by atoms with van der Waals surface area (Å²) in [5, 5.41) is 19.2. The molecular formula is C14H13NO3S. The van der Waals surface area contributed by atoms with Crippen molar-refractivity contribution in [3.05, 3.63) is 48.5 Å². The SMILES string of the molecule is CC(=O)N(Sc1cccc(O)c1)c1ccccc1O. The fraction of sp³-hybridized carbons (Fsp3) is 0.0714. The molecule has 0 radical (unpaired) electrons. The van der Waals surface area contributed by atoms with E-state index in [-0.39, 0.29) is 17.4 Å². The van der Waals surface area contributed by atoms with Crippen LogP contribution in [0, 0.1) is 0 Å². The van der Waals surface area contributed by atoms with E-state index in [1.54, 1.807) is 42.5 Å². The van der Waals surface area contributed by atoms with Crippen molar-refractivity contribution in [1.82, 2.24) is 0 Å². The van der Waals surface area contributed by atoms with E-state index in [0.717, 1.165) is 11.9 Å². The van der Waals surface area contributed by atoms with Crippen LogP contribution >= 0.6 is 11.9 Å². The molecule has 0 spiro atoms. The van der Waals surface area contributed by atoms with Crippen molar-refractivity contribution in [3.63, 3.8) is 0 Å². The zero-order valence-corrected chi connectivity index (χ0v) is 11.1. The summed E-state index contributed by atoms with van der Waals surface area (Å²) in [7, 11) is 0. The van der Waals surface area contributed by atoms with Crippen LogP contribution in [0.15, 0.2) is 53.4 Å². The molecule has 0 saturated heterocycles. The van der Waals surface area contributed by atoms with Crippen molar-refractivity contribution in [1.29, 1.82) is 0 Å². The normalized spacial score (nSPS) is 10.2. The summed E-state index contributed by atoms with van der Waals surface area (Å²) in [6.45, 7) is 1.42. The van der Waals surface area contributed by atoms with E-state index in [2.05, 4.69) is 0 Å². The Hall–Kier alpha value is -2.14. The number of para-hydroxylation sites is 2. The first-order valence-corrected chi connectivity index (χ1v) is 6.41. The summed E-state index contributed by atoms with van der Waals surface area (Å²) >= 11 is 1.14. The van der Waals surface area contributed by atoms with Gasteiger partial charge in [-0.1, -0.05) is 18.2 Å². The molecule has 1 amide bonds. The summed E-state index contributed by atoms with van der Waals surface area (Å²) in [6.07, 6.45) is 0. The monoisotopic (exact) mass is 275 g/mol. The molecule has 5 heteroatoms. The van der Waals surface area contributed by atoms with Crippen LogP contribution in [0.2, 0.25) is 0 Å². The molecule has 4 nitrogen and oxygen atoms in total. The molecule has 0 atom stereocenters. The first-order valence-electron chi connectivity index (χ1n) is 5.63. The molecule has 0 aromatic heterocycles. The predicted octanol–water partition coefficient (Wildman–Crippen LogP) is 3.16. The number of anilines is 1. The molecule has 98 valence electrons. The number of carbonyl (C=O) groups is 1. The molecule has 2 aromatic rings. The Bertz CT molecular complexity index is 601. The number of amides is 1. The Morgan fingerprint density at radius 2 is 1.84 bits per heavy atom. The Morgan fingerprint density at radius 1 is 1.11 bits per heavy atom. The van der Waals surface area contributed by atoms with Crippen LogP contribution in [0.4, 0.5) is 5.69 Å². The van der Waals surface area contributed by atoms with E-state index in [9.17, 15) is 15.0 Å². The lowest BCUT2D eigenvalue weighted by Gasteiger charge is -2.20. The maximum atomic E-state index is 11.7. The lowest BCUT2D eigenvalue weighted by Crippen LogP contribution is -2.20. The number of hydrogen-bond donors (Lipinski definition) is 2. The third-order valence-electron chi connectivity index (χ3n) is 2.40. The molecule has 0 bridgehead atoms. The average molecular weight is 275 g/mol. The zero-order valence-electron chi connectivity index (χ0n) is 10.3. The fourth-order valence-corrected chi connectivity index (χ4v) is 2.47. The Kier molecular flexibility index (Phi) is 3.97. The Balaban J connectivity index is 2.32. The minimum absolute atomic E-state index is 0.0327. The predicted molar refractivity (Wildman–Crippen MR) is 75.2 cm³/mol. The third kappa shape index (κ3) is 3.20. The zero-order chi connectivity index (χ0) is 13.8. The number of hydrogen-bond acceptors (Lipinski definition) is 4. The highest BCUT2D eigenvalue weighted by Crippen LogP contribution is 2.35. The second kappa shape index (κ2) is 5.67. The topological polar surface area (TPSA) is 60.8 Å². The van der Waals surface area contributed by atoms with Gasteiger partial charge < -0.3 is 10.2 Å². The number of aromatic hydroxyl groups is 2. The third-order valence-corrected chi connectivity index (χ3v) is 3.50. The van der Waals surface area contributed by atoms with Crippen LogP contribution in [0.25, 0.3) is 0 Å². The van der Waals surface area contributed by atoms with Gasteiger partial charge in [0.25, 0.3) is 0 Å². The molecule has 2 rings (SSSR count). The van der Waals surface area contributed by atoms with Gasteiger partial charge in [0.2, 0.25) is 5.91 Å². The highest BCUT2D eigenvalue weighted by atomic mass is 32.2. The van der Waals surface area contributed by atoms with Crippen LogP contribution in [0.3, 0.4) is 0 Å². The molecule has 0 aliphatic carbocycles. The van der Waals surface area contributed by atoms with Crippen LogP contribution in [0.1, 0.15) is 6.92 Å². The van der Waals surface area contributed by atoms with E-state index in [0.29, 0.717) is 10.6 Å². The number of nitrogens with zero attached hydrogens (tertiary/aromatic N) is 1. The van der Waals surface area contributed by atoms with Crippen molar-refractivity contribution >= 4 is 23.5 Å². The van der Waals surface area contributed by atoms with Gasteiger partial charge in [-0.3, -0.25) is 4.79 Å². The summed E-state index contributed by atoms with van der Waals surface area (Å²) in [6, 6.07) is 13.2. The molecule has 0 heterocycles. The van der Waals surface area contributed by atoms with Gasteiger partial charge in [-0.25, -0.2) is 4.31 Å². The van der Waals surface area contributed by atoms with Crippen LogP contribution in [-0.2, 0) is 4.79 Å². The maximum absolute atomic E-state index is 11.7. The molecular weight excluding hydrogens is 262 g/mol. The molecule has 2 aromatic carbocycles. The minimum Gasteiger partial charge on any atom is -0.508 e. The molecule has 0 unspecified atom stereocenters. The first kappa shape index (κ1) is 13.3. The molecule has 0 saturated carbocycles. The van der Waals surface area contributed by atoms with Crippen LogP contribution < -0.4 is 4.31 Å². The summed E-state index contributed by atoms with van der Waals surface area (Å²) in [5.41, 5.74) is 0.420. The summed E-state index contributed by atoms with van der Waals surface area (Å²) in [5.74, 6) is -0.0500. The summed E-state index contributed by atoms with van der Waals surface area (Å²) < 4.78 is 1.38. The lowest BCUT2D eigenvalue weighted by molar-refractivity contribution is -0.115. The van der Waals surface area contributed by atoms with Crippen molar-refractivity contribution in [3.8, 4) is 11.5 Å². The van der Waals surface area contributed by atoms with Crippen LogP contribution in [0.5, 0.6) is 11.5 Å². The average Bonchev–Trinajstić information content (AvgIpc) is 2.37. The minimum atomic E-state index is -0.213. The van der Waals surface area contributed by atoms with Gasteiger partial charge in [0.1, 0.15) is 11.5 Å². The van der Waals surface area contributed by atoms with Gasteiger partial charge in [0.15, 0.2) is 0 Å². The quantitative estimate of drug-likeness (QED) is 0.845. The van der Waals surface area contributed by atoms with Crippen molar-refractivity contribution in [2.45, 2.75) is 11.8 Å². The van der Waals surface area contributed by atoms with Gasteiger partial charge in [0, 0.05) is 11.8 Å². The van der Waals surface area contributed by atoms with Gasteiger partial charge in [-0.05, 0) is 42.3 Å². The highest BCUT2D eigenvalue weighted by Gasteiger charge is 2.16. The van der Waals surface area contributed by atoms with Crippen LogP contribution in [-0.4, -0.2) is 16.1 Å². The molecule has 19 heavy (non-hydrogen) atoms. The molecule has 0 aliphatic heterocycles. The lowest BCUT2D eigenvalue weighted by atomic mass is 10.3. The standard InChI is InChI=1S/C14H13NO3S/c1-10(16)15(13-7-2-3-8-14(13)18)19-12-6-4-5-11(17)9-12/h2-9,17-18H,1H3. The van der Waals surface area contributed by atoms with Gasteiger partial charge in [0.05, 0.1) is 5.69 Å². The van der Waals surface area contributed by atoms with E-state index in [1.165, 1.54) is 17.3 Å². The molecule has 2 N–H and O–H groups in total. The highest BCUT2D eigenvalue weighted by molar-refractivity contribution is 8.01. The van der Waals surface area contributed by atoms with Gasteiger partial charge >= 0.3 is 0 Å². The number of rotatable bonds is 3. The first-order chi connectivity index (χ1) is 9.08. The van der Waals surface area contributed by atoms with E-state index in [4.69, 9.17) is 0 Å². The van der Waals surface area contributed by atoms with Crippen molar-refractivity contribution in [2.75, 3.05) is 4.31 Å². The number of benzene rings is 2. The van der Waals surface area contributed by atoms with E-state index >= 15 is 0 Å². The maximum Gasteiger partial charge on any atom is 0.234 e. The second-order valence-electron chi connectivity index (χ2n) is 3.89. The Labute approximate surface area is 115 Å². The second-order valence-corrected chi connectivity index (χ2v) is 4.91. The fourth-order valence-electron chi connectivity index (χ4n) is 1.56. The largest absolute Gasteiger partial charge is 0.508 e. The van der Waals surface area contributed by atoms with Crippen molar-refractivity contribution in [2.24, 2.45) is 0 Å². The summed E-state index contributed by atoms with van der Waals surface area (Å²) in [4.78, 5) is 12.4. The number of phenolic OH excluding ortho intramolecular Hbond substituents is 2. The van der Waals surface area contributed by atoms with E-state index < -0.39 is 0 Å². The van der Waals surface area contributed by atoms with E-state index in [1.807, 2.05) is 0 Å². The van der Waals surface area contributed by atoms with Gasteiger partial charge in [-0.2, -0.15) is 0 Å². The number of phenols is 2. The van der Waals surface area contributed by atoms with Crippen molar-refractivity contribution < 1.29 is 15.0 Å². The van der Waals surface area contributed by atoms with Gasteiger partial charge in [-0.15, -0.1) is 0 Å².